The van der Waals surface area contributed by atoms with Crippen LogP contribution in [0.2, 0.25) is 0 Å². The zero-order valence-corrected chi connectivity index (χ0v) is 6.97. The first-order chi connectivity index (χ1) is 6.61. The number of nitrogens with one attached hydrogen (secondary N) is 1. The number of nitro groups is 1. The number of amides is 2. The molecule has 0 atom stereocenters. The van der Waals surface area contributed by atoms with Gasteiger partial charge < -0.3 is 5.32 Å². The Morgan fingerprint density at radius 2 is 1.79 bits per heavy atom. The van der Waals surface area contributed by atoms with Gasteiger partial charge in [-0.2, -0.15) is 0 Å². The van der Waals surface area contributed by atoms with E-state index < -0.39 is 16.7 Å². The fourth-order valence-corrected chi connectivity index (χ4v) is 0.789. The summed E-state index contributed by atoms with van der Waals surface area (Å²) in [6.07, 6.45) is 0. The Morgan fingerprint density at radius 1 is 1.21 bits per heavy atom. The van der Waals surface area contributed by atoms with Gasteiger partial charge in [0.2, 0.25) is 0 Å². The van der Waals surface area contributed by atoms with Crippen molar-refractivity contribution in [3.8, 4) is 0 Å². The highest BCUT2D eigenvalue weighted by Gasteiger charge is 2.26. The van der Waals surface area contributed by atoms with Crippen molar-refractivity contribution in [2.24, 2.45) is 0 Å². The normalized spacial score (nSPS) is 9.14. The van der Waals surface area contributed by atoms with Crippen molar-refractivity contribution < 1.29 is 14.5 Å². The molecule has 0 aliphatic rings. The molecule has 1 N–H and O–H groups in total. The summed E-state index contributed by atoms with van der Waals surface area (Å²) in [6, 6.07) is 8.01. The highest BCUT2D eigenvalue weighted by molar-refractivity contribution is 6.36. The first-order valence-electron chi connectivity index (χ1n) is 3.66. The molecule has 14 heavy (non-hydrogen) atoms. The van der Waals surface area contributed by atoms with Crippen LogP contribution in [0.15, 0.2) is 30.3 Å². The molecule has 72 valence electrons. The molecule has 6 heteroatoms. The summed E-state index contributed by atoms with van der Waals surface area (Å²) < 4.78 is 0. The molecule has 0 fully saturated rings. The molecule has 0 saturated heterocycles. The minimum absolute atomic E-state index is 0.340. The molecule has 2 amide bonds. The van der Waals surface area contributed by atoms with E-state index in [1.54, 1.807) is 18.2 Å². The van der Waals surface area contributed by atoms with Gasteiger partial charge in [0.25, 0.3) is 0 Å². The number of para-hydroxylation sites is 1. The monoisotopic (exact) mass is 194 g/mol. The number of nitrogens with zero attached hydrogens (tertiary/aromatic N) is 1. The van der Waals surface area contributed by atoms with Crippen LogP contribution in [0.4, 0.5) is 5.69 Å². The van der Waals surface area contributed by atoms with Crippen molar-refractivity contribution in [3.63, 3.8) is 0 Å². The second-order valence-corrected chi connectivity index (χ2v) is 2.38. The summed E-state index contributed by atoms with van der Waals surface area (Å²) >= 11 is 0. The van der Waals surface area contributed by atoms with Gasteiger partial charge in [0, 0.05) is 5.69 Å². The van der Waals surface area contributed by atoms with Crippen molar-refractivity contribution in [1.82, 2.24) is 0 Å². The Bertz CT molecular complexity index is 374. The van der Waals surface area contributed by atoms with Crippen molar-refractivity contribution in [1.29, 1.82) is 0 Å². The highest BCUT2D eigenvalue weighted by atomic mass is 16.6. The average Bonchev–Trinajstić information content (AvgIpc) is 2.18. The van der Waals surface area contributed by atoms with Crippen LogP contribution in [0, 0.1) is 10.1 Å². The summed E-state index contributed by atoms with van der Waals surface area (Å²) in [7, 11) is 0. The summed E-state index contributed by atoms with van der Waals surface area (Å²) in [5.41, 5.74) is 0.340. The molecule has 0 bridgehead atoms. The Hall–Kier alpha value is -2.24. The number of hydrogen-bond donors (Lipinski definition) is 1. The lowest BCUT2D eigenvalue weighted by Crippen LogP contribution is -2.28. The lowest BCUT2D eigenvalue weighted by molar-refractivity contribution is -0.395. The second kappa shape index (κ2) is 4.13. The van der Waals surface area contributed by atoms with Gasteiger partial charge >= 0.3 is 11.8 Å². The van der Waals surface area contributed by atoms with Gasteiger partial charge in [-0.3, -0.25) is 14.9 Å². The number of rotatable bonds is 1. The predicted molar refractivity (Wildman–Crippen MR) is 47.1 cm³/mol. The predicted octanol–water partition coefficient (Wildman–Crippen LogP) is 0.428. The van der Waals surface area contributed by atoms with Gasteiger partial charge in [-0.25, -0.2) is 4.79 Å². The van der Waals surface area contributed by atoms with Crippen LogP contribution in [0.3, 0.4) is 0 Å². The average molecular weight is 194 g/mol. The molecular weight excluding hydrogens is 188 g/mol. The number of benzene rings is 1. The lowest BCUT2D eigenvalue weighted by atomic mass is 10.3. The third kappa shape index (κ3) is 2.37. The zero-order valence-electron chi connectivity index (χ0n) is 6.97. The third-order valence-electron chi connectivity index (χ3n) is 1.39. The van der Waals surface area contributed by atoms with E-state index >= 15 is 0 Å². The second-order valence-electron chi connectivity index (χ2n) is 2.38. The van der Waals surface area contributed by atoms with Gasteiger partial charge in [-0.1, -0.05) is 18.2 Å². The number of hydrogen-bond acceptors (Lipinski definition) is 4. The topological polar surface area (TPSA) is 89.3 Å². The molecule has 0 heterocycles. The van der Waals surface area contributed by atoms with E-state index in [1.165, 1.54) is 12.1 Å². The van der Waals surface area contributed by atoms with E-state index in [2.05, 4.69) is 5.32 Å². The minimum Gasteiger partial charge on any atom is -0.313 e. The van der Waals surface area contributed by atoms with Crippen LogP contribution in [-0.4, -0.2) is 16.7 Å². The largest absolute Gasteiger partial charge is 0.534 e. The fourth-order valence-electron chi connectivity index (χ4n) is 0.789. The molecular formula is C8H6N2O4. The highest BCUT2D eigenvalue weighted by Crippen LogP contribution is 2.04. The molecule has 0 aliphatic carbocycles. The van der Waals surface area contributed by atoms with Crippen LogP contribution in [0.25, 0.3) is 0 Å². The fraction of sp³-hybridized carbons (Fsp3) is 0. The molecule has 1 aromatic rings. The first kappa shape index (κ1) is 9.85. The van der Waals surface area contributed by atoms with E-state index in [4.69, 9.17) is 0 Å². The molecule has 0 saturated carbocycles. The Balaban J connectivity index is 2.67. The number of anilines is 1. The van der Waals surface area contributed by atoms with Crippen molar-refractivity contribution in [2.45, 2.75) is 0 Å². The van der Waals surface area contributed by atoms with Crippen molar-refractivity contribution >= 4 is 17.5 Å². The van der Waals surface area contributed by atoms with Gasteiger partial charge in [-0.05, 0) is 12.1 Å². The van der Waals surface area contributed by atoms with Gasteiger partial charge in [0.1, 0.15) is 4.92 Å². The van der Waals surface area contributed by atoms with E-state index in [-0.39, 0.29) is 0 Å². The van der Waals surface area contributed by atoms with E-state index in [9.17, 15) is 19.7 Å². The van der Waals surface area contributed by atoms with Crippen LogP contribution in [-0.2, 0) is 9.59 Å². The summed E-state index contributed by atoms with van der Waals surface area (Å²) in [5, 5.41) is 12.0. The smallest absolute Gasteiger partial charge is 0.313 e. The molecule has 0 radical (unpaired) electrons. The molecule has 6 nitrogen and oxygen atoms in total. The van der Waals surface area contributed by atoms with Crippen LogP contribution in [0.1, 0.15) is 0 Å². The first-order valence-corrected chi connectivity index (χ1v) is 3.66. The summed E-state index contributed by atoms with van der Waals surface area (Å²) in [6.45, 7) is 0. The molecule has 0 unspecified atom stereocenters. The zero-order chi connectivity index (χ0) is 10.6. The maximum Gasteiger partial charge on any atom is 0.534 e. The van der Waals surface area contributed by atoms with Crippen LogP contribution < -0.4 is 5.32 Å². The minimum atomic E-state index is -1.67. The van der Waals surface area contributed by atoms with Crippen molar-refractivity contribution in [2.75, 3.05) is 5.32 Å². The van der Waals surface area contributed by atoms with E-state index in [0.717, 1.165) is 0 Å². The molecule has 1 aromatic carbocycles. The number of carbonyl (C=O) groups is 2. The molecule has 0 aliphatic heterocycles. The van der Waals surface area contributed by atoms with Gasteiger partial charge in [0.15, 0.2) is 0 Å². The van der Waals surface area contributed by atoms with Gasteiger partial charge in [0.05, 0.1) is 0 Å². The maximum absolute atomic E-state index is 10.9. The standard InChI is InChI=1S/C8H6N2O4/c11-7(8(12)10(13)14)9-6-4-2-1-3-5-6/h1-5H,(H,9,11). The molecule has 0 spiro atoms. The maximum atomic E-state index is 10.9. The lowest BCUT2D eigenvalue weighted by Gasteiger charge is -1.98. The van der Waals surface area contributed by atoms with Gasteiger partial charge in [-0.15, -0.1) is 0 Å². The third-order valence-corrected chi connectivity index (χ3v) is 1.39. The Labute approximate surface area is 78.7 Å². The quantitative estimate of drug-likeness (QED) is 0.398. The summed E-state index contributed by atoms with van der Waals surface area (Å²) in [4.78, 5) is 30.0. The Kier molecular flexibility index (Phi) is 2.90. The summed E-state index contributed by atoms with van der Waals surface area (Å²) in [5.74, 6) is -2.92. The SMILES string of the molecule is O=C(Nc1ccccc1)C(=O)[N+](=O)[O-]. The van der Waals surface area contributed by atoms with Crippen LogP contribution in [0.5, 0.6) is 0 Å². The van der Waals surface area contributed by atoms with Crippen LogP contribution >= 0.6 is 0 Å². The van der Waals surface area contributed by atoms with Crippen molar-refractivity contribution in [3.05, 3.63) is 40.4 Å². The Morgan fingerprint density at radius 3 is 2.29 bits per heavy atom. The molecule has 0 aromatic heterocycles. The van der Waals surface area contributed by atoms with E-state index in [0.29, 0.717) is 5.69 Å². The molecule has 1 rings (SSSR count). The number of carbonyl (C=O) groups excluding carboxylic acids is 2. The van der Waals surface area contributed by atoms with E-state index in [1.807, 2.05) is 0 Å².